The van der Waals surface area contributed by atoms with Gasteiger partial charge in [0.2, 0.25) is 5.78 Å². The van der Waals surface area contributed by atoms with E-state index in [4.69, 9.17) is 0 Å². The summed E-state index contributed by atoms with van der Waals surface area (Å²) < 4.78 is 0. The molecular weight excluding hydrogens is 440 g/mol. The molecule has 4 aliphatic carbocycles. The van der Waals surface area contributed by atoms with Gasteiger partial charge in [-0.3, -0.25) is 9.59 Å². The largest absolute Gasteiger partial charge is 0.336 e. The van der Waals surface area contributed by atoms with Crippen molar-refractivity contribution in [3.63, 3.8) is 0 Å². The molecule has 0 bridgehead atoms. The van der Waals surface area contributed by atoms with Crippen molar-refractivity contribution in [2.45, 2.75) is 89.0 Å². The molecule has 1 spiro atoms. The Labute approximate surface area is 210 Å². The van der Waals surface area contributed by atoms with Gasteiger partial charge in [-0.25, -0.2) is 0 Å². The molecule has 6 rings (SSSR count). The zero-order valence-corrected chi connectivity index (χ0v) is 22.3. The van der Waals surface area contributed by atoms with Crippen LogP contribution in [0.2, 0.25) is 0 Å². The molecule has 1 amide bonds. The standard InChI is InChI=1S/C29H42N2O2S/c1-18-22-9-10-24-21-8-7-19-16-20(31(4)27(33)26(32)25-6-5-15-34-25)11-13-28(19,2)23(21)12-14-29(22,24)17-30(18)3/h5,7,15,18,20-25H,6,8-14,16-17H2,1-4H3/t18-,20-,21+,22+,23?,24-,25?,28-,29-/m0/s1. The third-order valence-corrected chi connectivity index (χ3v) is 12.8. The van der Waals surface area contributed by atoms with Gasteiger partial charge in [-0.1, -0.05) is 24.6 Å². The number of thioether (sulfide) groups is 1. The number of nitrogens with zero attached hydrogens (tertiary/aromatic N) is 2. The van der Waals surface area contributed by atoms with E-state index in [-0.39, 0.29) is 28.4 Å². The topological polar surface area (TPSA) is 40.6 Å². The van der Waals surface area contributed by atoms with Crippen molar-refractivity contribution >= 4 is 23.5 Å². The highest BCUT2D eigenvalue weighted by atomic mass is 32.2. The van der Waals surface area contributed by atoms with Crippen LogP contribution in [-0.2, 0) is 9.59 Å². The molecule has 4 fully saturated rings. The molecule has 0 aromatic rings. The Bertz CT molecular complexity index is 936. The number of Topliss-reactive ketones (excluding diaryl/α,β-unsaturated/α-hetero) is 1. The monoisotopic (exact) mass is 482 g/mol. The molecule has 186 valence electrons. The lowest BCUT2D eigenvalue weighted by Gasteiger charge is -2.58. The number of likely N-dealkylation sites (N-methyl/N-ethyl adjacent to an activating group) is 1. The van der Waals surface area contributed by atoms with Crippen LogP contribution in [0.15, 0.2) is 23.1 Å². The molecule has 2 unspecified atom stereocenters. The molecule has 3 saturated carbocycles. The molecule has 0 radical (unpaired) electrons. The molecule has 6 aliphatic rings. The van der Waals surface area contributed by atoms with Gasteiger partial charge in [0, 0.05) is 25.7 Å². The van der Waals surface area contributed by atoms with Crippen LogP contribution in [0.1, 0.15) is 71.6 Å². The summed E-state index contributed by atoms with van der Waals surface area (Å²) in [7, 11) is 4.22. The number of allylic oxidation sites excluding steroid dienone is 2. The second kappa shape index (κ2) is 8.23. The number of hydrogen-bond acceptors (Lipinski definition) is 4. The van der Waals surface area contributed by atoms with Crippen molar-refractivity contribution in [2.24, 2.45) is 34.5 Å². The fraction of sp³-hybridized carbons (Fsp3) is 0.793. The Morgan fingerprint density at radius 2 is 1.88 bits per heavy atom. The van der Waals surface area contributed by atoms with Crippen molar-refractivity contribution in [1.29, 1.82) is 0 Å². The molecular formula is C29H42N2O2S. The van der Waals surface area contributed by atoms with Crippen LogP contribution in [0.3, 0.4) is 0 Å². The van der Waals surface area contributed by atoms with Gasteiger partial charge in [-0.2, -0.15) is 0 Å². The summed E-state index contributed by atoms with van der Waals surface area (Å²) in [6.07, 6.45) is 15.4. The zero-order chi connectivity index (χ0) is 23.8. The summed E-state index contributed by atoms with van der Waals surface area (Å²) in [5.74, 6) is 2.95. The first-order valence-corrected chi connectivity index (χ1v) is 14.7. The summed E-state index contributed by atoms with van der Waals surface area (Å²) in [4.78, 5) is 30.2. The van der Waals surface area contributed by atoms with E-state index in [0.29, 0.717) is 11.8 Å². The number of ketones is 1. The molecule has 2 heterocycles. The van der Waals surface area contributed by atoms with E-state index in [0.717, 1.165) is 49.0 Å². The van der Waals surface area contributed by atoms with Crippen LogP contribution in [0.4, 0.5) is 0 Å². The minimum Gasteiger partial charge on any atom is -0.336 e. The van der Waals surface area contributed by atoms with Crippen LogP contribution in [0.25, 0.3) is 0 Å². The quantitative estimate of drug-likeness (QED) is 0.405. The van der Waals surface area contributed by atoms with E-state index in [1.165, 1.54) is 50.4 Å². The lowest BCUT2D eigenvalue weighted by Crippen LogP contribution is -2.53. The lowest BCUT2D eigenvalue weighted by molar-refractivity contribution is -0.145. The highest BCUT2D eigenvalue weighted by Crippen LogP contribution is 2.68. The van der Waals surface area contributed by atoms with Gasteiger partial charge < -0.3 is 9.80 Å². The molecule has 0 N–H and O–H groups in total. The molecule has 0 aromatic heterocycles. The van der Waals surface area contributed by atoms with Gasteiger partial charge in [0.15, 0.2) is 0 Å². The SMILES string of the molecule is C[C@H]1[C@H]2CC[C@H]3[C@@H]4CC=C5C[C@@H](N(C)C(=O)C(=O)C6CC=CS6)CC[C@]5(C)C4CC[C@]23CN1C. The van der Waals surface area contributed by atoms with E-state index in [1.54, 1.807) is 10.5 Å². The summed E-state index contributed by atoms with van der Waals surface area (Å²) in [5, 5.41) is 1.75. The highest BCUT2D eigenvalue weighted by molar-refractivity contribution is 8.03. The Morgan fingerprint density at radius 3 is 2.65 bits per heavy atom. The van der Waals surface area contributed by atoms with E-state index in [2.05, 4.69) is 31.9 Å². The first kappa shape index (κ1) is 23.3. The van der Waals surface area contributed by atoms with Crippen LogP contribution in [0.5, 0.6) is 0 Å². The van der Waals surface area contributed by atoms with E-state index in [9.17, 15) is 9.59 Å². The van der Waals surface area contributed by atoms with Crippen molar-refractivity contribution in [3.8, 4) is 0 Å². The molecule has 5 heteroatoms. The van der Waals surface area contributed by atoms with Crippen molar-refractivity contribution < 1.29 is 9.59 Å². The average molecular weight is 483 g/mol. The van der Waals surface area contributed by atoms with E-state index in [1.807, 2.05) is 18.5 Å². The maximum absolute atomic E-state index is 13.0. The maximum Gasteiger partial charge on any atom is 0.291 e. The Hall–Kier alpha value is -1.07. The van der Waals surface area contributed by atoms with Crippen molar-refractivity contribution in [3.05, 3.63) is 23.1 Å². The van der Waals surface area contributed by atoms with Crippen LogP contribution in [-0.4, -0.2) is 59.5 Å². The fourth-order valence-corrected chi connectivity index (χ4v) is 10.7. The first-order chi connectivity index (χ1) is 16.3. The molecule has 9 atom stereocenters. The number of carbonyl (C=O) groups is 2. The first-order valence-electron chi connectivity index (χ1n) is 13.8. The number of rotatable bonds is 3. The van der Waals surface area contributed by atoms with Crippen molar-refractivity contribution in [2.75, 3.05) is 20.6 Å². The number of carbonyl (C=O) groups excluding carboxylic acids is 2. The fourth-order valence-electron chi connectivity index (χ4n) is 9.81. The predicted molar refractivity (Wildman–Crippen MR) is 138 cm³/mol. The molecule has 34 heavy (non-hydrogen) atoms. The van der Waals surface area contributed by atoms with Gasteiger partial charge in [0.05, 0.1) is 5.25 Å². The molecule has 0 aromatic carbocycles. The second-order valence-corrected chi connectivity index (χ2v) is 13.9. The normalized spacial score (nSPS) is 47.4. The summed E-state index contributed by atoms with van der Waals surface area (Å²) in [6, 6.07) is 0.915. The van der Waals surface area contributed by atoms with Gasteiger partial charge in [0.25, 0.3) is 5.91 Å². The number of likely N-dealkylation sites (tertiary alicyclic amines) is 1. The molecule has 1 saturated heterocycles. The van der Waals surface area contributed by atoms with Crippen molar-refractivity contribution in [1.82, 2.24) is 9.80 Å². The van der Waals surface area contributed by atoms with E-state index < -0.39 is 0 Å². The Balaban J connectivity index is 1.19. The Kier molecular flexibility index (Phi) is 5.65. The number of hydrogen-bond donors (Lipinski definition) is 0. The summed E-state index contributed by atoms with van der Waals surface area (Å²) >= 11 is 1.49. The number of amides is 1. The number of fused-ring (bicyclic) bond motifs is 4. The van der Waals surface area contributed by atoms with Crippen LogP contribution < -0.4 is 0 Å². The average Bonchev–Trinajstić information content (AvgIpc) is 3.54. The smallest absolute Gasteiger partial charge is 0.291 e. The van der Waals surface area contributed by atoms with Gasteiger partial charge in [-0.15, -0.1) is 11.8 Å². The highest BCUT2D eigenvalue weighted by Gasteiger charge is 2.64. The summed E-state index contributed by atoms with van der Waals surface area (Å²) in [6.45, 7) is 6.34. The third-order valence-electron chi connectivity index (χ3n) is 11.7. The Morgan fingerprint density at radius 1 is 1.09 bits per heavy atom. The molecule has 4 nitrogen and oxygen atoms in total. The predicted octanol–water partition coefficient (Wildman–Crippen LogP) is 5.29. The van der Waals surface area contributed by atoms with Gasteiger partial charge in [0.1, 0.15) is 0 Å². The molecule has 2 aliphatic heterocycles. The lowest BCUT2D eigenvalue weighted by atomic mass is 9.47. The summed E-state index contributed by atoms with van der Waals surface area (Å²) in [5.41, 5.74) is 2.46. The minimum absolute atomic E-state index is 0.168. The second-order valence-electron chi connectivity index (χ2n) is 12.8. The van der Waals surface area contributed by atoms with Gasteiger partial charge >= 0.3 is 0 Å². The van der Waals surface area contributed by atoms with Crippen LogP contribution in [0, 0.1) is 34.5 Å². The van der Waals surface area contributed by atoms with Crippen LogP contribution >= 0.6 is 11.8 Å². The minimum atomic E-state index is -0.278. The third kappa shape index (κ3) is 3.21. The van der Waals surface area contributed by atoms with Gasteiger partial charge in [-0.05, 0) is 112 Å². The maximum atomic E-state index is 13.0. The van der Waals surface area contributed by atoms with E-state index >= 15 is 0 Å². The zero-order valence-electron chi connectivity index (χ0n) is 21.5.